The lowest BCUT2D eigenvalue weighted by molar-refractivity contribution is 0.102. The molecule has 0 radical (unpaired) electrons. The minimum atomic E-state index is -1.14. The maximum atomic E-state index is 11.0. The van der Waals surface area contributed by atoms with E-state index in [4.69, 9.17) is 4.74 Å². The fourth-order valence-corrected chi connectivity index (χ4v) is 3.51. The highest BCUT2D eigenvalue weighted by molar-refractivity contribution is 7.10. The number of hydrogen-bond donors (Lipinski definition) is 1. The molecule has 0 aliphatic heterocycles. The van der Waals surface area contributed by atoms with Gasteiger partial charge in [-0.2, -0.15) is 0 Å². The third-order valence-corrected chi connectivity index (χ3v) is 5.31. The summed E-state index contributed by atoms with van der Waals surface area (Å²) in [5.41, 5.74) is 2.71. The van der Waals surface area contributed by atoms with E-state index < -0.39 is 5.60 Å². The van der Waals surface area contributed by atoms with Crippen LogP contribution in [-0.2, 0) is 5.60 Å². The number of hydrogen-bond acceptors (Lipinski definition) is 5. The van der Waals surface area contributed by atoms with Crippen molar-refractivity contribution in [1.29, 1.82) is 0 Å². The van der Waals surface area contributed by atoms with Gasteiger partial charge in [0.15, 0.2) is 0 Å². The molecule has 0 bridgehead atoms. The van der Waals surface area contributed by atoms with Gasteiger partial charge in [0.1, 0.15) is 16.4 Å². The van der Waals surface area contributed by atoms with Crippen molar-refractivity contribution in [2.75, 3.05) is 26.1 Å². The van der Waals surface area contributed by atoms with Crippen LogP contribution in [0.5, 0.6) is 5.75 Å². The average Bonchev–Trinajstić information content (AvgIpc) is 3.13. The van der Waals surface area contributed by atoms with Crippen LogP contribution in [0.4, 0.5) is 5.69 Å². The van der Waals surface area contributed by atoms with Gasteiger partial charge in [0, 0.05) is 30.7 Å². The van der Waals surface area contributed by atoms with E-state index in [-0.39, 0.29) is 0 Å². The van der Waals surface area contributed by atoms with Gasteiger partial charge in [-0.3, -0.25) is 0 Å². The fraction of sp³-hybridized carbons (Fsp3) is 0.250. The van der Waals surface area contributed by atoms with Crippen LogP contribution in [0.25, 0.3) is 11.3 Å². The van der Waals surface area contributed by atoms with Gasteiger partial charge in [0.05, 0.1) is 12.8 Å². The van der Waals surface area contributed by atoms with Crippen molar-refractivity contribution in [2.45, 2.75) is 12.5 Å². The highest BCUT2D eigenvalue weighted by atomic mass is 32.1. The molecule has 0 saturated heterocycles. The predicted molar refractivity (Wildman–Crippen MR) is 104 cm³/mol. The lowest BCUT2D eigenvalue weighted by Gasteiger charge is -2.21. The van der Waals surface area contributed by atoms with Crippen LogP contribution in [0.2, 0.25) is 0 Å². The molecule has 1 atom stereocenters. The molecular weight excluding hydrogens is 332 g/mol. The molecule has 5 heteroatoms. The van der Waals surface area contributed by atoms with Crippen LogP contribution in [-0.4, -0.2) is 31.3 Å². The molecule has 130 valence electrons. The molecule has 1 N–H and O–H groups in total. The number of aliphatic hydroxyl groups is 1. The molecule has 4 nitrogen and oxygen atoms in total. The molecule has 0 amide bonds. The van der Waals surface area contributed by atoms with Crippen LogP contribution < -0.4 is 9.64 Å². The number of thiazole rings is 1. The van der Waals surface area contributed by atoms with E-state index in [1.54, 1.807) is 14.0 Å². The molecule has 1 heterocycles. The summed E-state index contributed by atoms with van der Waals surface area (Å²) in [7, 11) is 5.66. The van der Waals surface area contributed by atoms with Gasteiger partial charge in [-0.1, -0.05) is 24.3 Å². The standard InChI is InChI=1S/C20H22N2O2S/c1-20(23,15-7-11-17(24-4)12-8-15)19-21-18(13-25-19)14-5-9-16(10-6-14)22(2)3/h5-13,23H,1-4H3. The largest absolute Gasteiger partial charge is 0.497 e. The van der Waals surface area contributed by atoms with Gasteiger partial charge in [-0.05, 0) is 36.8 Å². The second-order valence-corrected chi connectivity index (χ2v) is 7.14. The second kappa shape index (κ2) is 6.86. The first kappa shape index (κ1) is 17.5. The van der Waals surface area contributed by atoms with Crippen molar-refractivity contribution in [3.8, 4) is 17.0 Å². The zero-order valence-electron chi connectivity index (χ0n) is 14.9. The molecule has 25 heavy (non-hydrogen) atoms. The van der Waals surface area contributed by atoms with Gasteiger partial charge in [0.25, 0.3) is 0 Å². The van der Waals surface area contributed by atoms with Gasteiger partial charge in [-0.25, -0.2) is 4.98 Å². The quantitative estimate of drug-likeness (QED) is 0.748. The fourth-order valence-electron chi connectivity index (χ4n) is 2.60. The van der Waals surface area contributed by atoms with Crippen LogP contribution in [0, 0.1) is 0 Å². The summed E-state index contributed by atoms with van der Waals surface area (Å²) < 4.78 is 5.18. The number of benzene rings is 2. The molecule has 3 rings (SSSR count). The Morgan fingerprint density at radius 1 is 1.04 bits per heavy atom. The van der Waals surface area contributed by atoms with Crippen molar-refractivity contribution in [3.63, 3.8) is 0 Å². The molecule has 2 aromatic carbocycles. The molecular formula is C20H22N2O2S. The number of methoxy groups -OCH3 is 1. The SMILES string of the molecule is COc1ccc(C(C)(O)c2nc(-c3ccc(N(C)C)cc3)cs2)cc1. The van der Waals surface area contributed by atoms with E-state index in [9.17, 15) is 5.11 Å². The summed E-state index contributed by atoms with van der Waals surface area (Å²) in [4.78, 5) is 6.73. The Kier molecular flexibility index (Phi) is 4.79. The first-order valence-corrected chi connectivity index (χ1v) is 8.90. The highest BCUT2D eigenvalue weighted by Gasteiger charge is 2.29. The lowest BCUT2D eigenvalue weighted by Crippen LogP contribution is -2.22. The third-order valence-electron chi connectivity index (χ3n) is 4.25. The van der Waals surface area contributed by atoms with Crippen LogP contribution >= 0.6 is 11.3 Å². The van der Waals surface area contributed by atoms with Gasteiger partial charge < -0.3 is 14.7 Å². The monoisotopic (exact) mass is 354 g/mol. The zero-order chi connectivity index (χ0) is 18.0. The number of rotatable bonds is 5. The third kappa shape index (κ3) is 3.52. The Labute approximate surface area is 152 Å². The number of nitrogens with zero attached hydrogens (tertiary/aromatic N) is 2. The maximum Gasteiger partial charge on any atom is 0.138 e. The minimum Gasteiger partial charge on any atom is -0.497 e. The topological polar surface area (TPSA) is 45.6 Å². The smallest absolute Gasteiger partial charge is 0.138 e. The molecule has 0 spiro atoms. The second-order valence-electron chi connectivity index (χ2n) is 6.28. The van der Waals surface area contributed by atoms with E-state index in [1.165, 1.54) is 11.3 Å². The van der Waals surface area contributed by atoms with Crippen molar-refractivity contribution in [3.05, 3.63) is 64.5 Å². The normalized spacial score (nSPS) is 13.3. The molecule has 0 aliphatic rings. The van der Waals surface area contributed by atoms with Crippen LogP contribution in [0.1, 0.15) is 17.5 Å². The van der Waals surface area contributed by atoms with E-state index in [0.29, 0.717) is 5.01 Å². The zero-order valence-corrected chi connectivity index (χ0v) is 15.7. The summed E-state index contributed by atoms with van der Waals surface area (Å²) in [5.74, 6) is 0.764. The first-order chi connectivity index (χ1) is 11.9. The molecule has 3 aromatic rings. The van der Waals surface area contributed by atoms with Crippen LogP contribution in [0.3, 0.4) is 0 Å². The number of anilines is 1. The lowest BCUT2D eigenvalue weighted by atomic mass is 9.96. The Hall–Kier alpha value is -2.37. The summed E-state index contributed by atoms with van der Waals surface area (Å²) in [6.45, 7) is 1.77. The molecule has 0 aliphatic carbocycles. The Morgan fingerprint density at radius 2 is 1.68 bits per heavy atom. The van der Waals surface area contributed by atoms with Gasteiger partial charge in [-0.15, -0.1) is 11.3 Å². The Balaban J connectivity index is 1.88. The van der Waals surface area contributed by atoms with E-state index in [2.05, 4.69) is 34.1 Å². The van der Waals surface area contributed by atoms with Crippen molar-refractivity contribution >= 4 is 17.0 Å². The Morgan fingerprint density at radius 3 is 2.24 bits per heavy atom. The van der Waals surface area contributed by atoms with Crippen molar-refractivity contribution in [2.24, 2.45) is 0 Å². The molecule has 1 unspecified atom stereocenters. The highest BCUT2D eigenvalue weighted by Crippen LogP contribution is 2.34. The number of ether oxygens (including phenoxy) is 1. The maximum absolute atomic E-state index is 11.0. The van der Waals surface area contributed by atoms with Crippen molar-refractivity contribution < 1.29 is 9.84 Å². The molecule has 0 fully saturated rings. The van der Waals surface area contributed by atoms with E-state index >= 15 is 0 Å². The average molecular weight is 354 g/mol. The Bertz CT molecular complexity index is 837. The van der Waals surface area contributed by atoms with Crippen LogP contribution in [0.15, 0.2) is 53.9 Å². The predicted octanol–water partition coefficient (Wildman–Crippen LogP) is 4.14. The van der Waals surface area contributed by atoms with E-state index in [1.807, 2.05) is 43.7 Å². The first-order valence-electron chi connectivity index (χ1n) is 8.02. The molecule has 0 saturated carbocycles. The summed E-state index contributed by atoms with van der Waals surface area (Å²) in [5, 5.41) is 13.7. The summed E-state index contributed by atoms with van der Waals surface area (Å²) in [6, 6.07) is 15.7. The number of aromatic nitrogens is 1. The van der Waals surface area contributed by atoms with E-state index in [0.717, 1.165) is 28.3 Å². The molecule has 1 aromatic heterocycles. The summed E-state index contributed by atoms with van der Waals surface area (Å²) >= 11 is 1.46. The van der Waals surface area contributed by atoms with Gasteiger partial charge >= 0.3 is 0 Å². The minimum absolute atomic E-state index is 0.671. The van der Waals surface area contributed by atoms with Gasteiger partial charge in [0.2, 0.25) is 0 Å². The summed E-state index contributed by atoms with van der Waals surface area (Å²) in [6.07, 6.45) is 0. The van der Waals surface area contributed by atoms with Crippen molar-refractivity contribution in [1.82, 2.24) is 4.98 Å².